The smallest absolute Gasteiger partial charge is 0.351 e. The maximum atomic E-state index is 12.7. The summed E-state index contributed by atoms with van der Waals surface area (Å²) in [5.41, 5.74) is -0.0165. The summed E-state index contributed by atoms with van der Waals surface area (Å²) in [5, 5.41) is 2.73. The fraction of sp³-hybridized carbons (Fsp3) is 0.333. The Bertz CT molecular complexity index is 914. The number of carbonyl (C=O) groups is 2. The summed E-state index contributed by atoms with van der Waals surface area (Å²) in [6, 6.07) is 3.74. The molecule has 2 aromatic heterocycles. The van der Waals surface area contributed by atoms with Crippen molar-refractivity contribution in [3.8, 4) is 0 Å². The van der Waals surface area contributed by atoms with E-state index in [1.165, 1.54) is 13.1 Å². The standard InChI is InChI=1S/C18H16ClF3N4O2/c1-10(27)4-13-5-11(2-3-23-13)17(28)25-14-8-26(9-14)16-15(19)6-12(7-24-16)18(20,21)22/h2-3,5-7,14H,4,8-9H2,1H3,(H,25,28). The molecule has 148 valence electrons. The third-order valence-corrected chi connectivity index (χ3v) is 4.45. The zero-order chi connectivity index (χ0) is 20.5. The van der Waals surface area contributed by atoms with Gasteiger partial charge in [0.2, 0.25) is 0 Å². The maximum Gasteiger partial charge on any atom is 0.417 e. The van der Waals surface area contributed by atoms with Crippen molar-refractivity contribution in [3.05, 3.63) is 52.4 Å². The van der Waals surface area contributed by atoms with E-state index in [0.717, 1.165) is 12.3 Å². The predicted molar refractivity (Wildman–Crippen MR) is 96.3 cm³/mol. The molecule has 1 aliphatic heterocycles. The first-order valence-electron chi connectivity index (χ1n) is 8.36. The van der Waals surface area contributed by atoms with E-state index in [4.69, 9.17) is 11.6 Å². The van der Waals surface area contributed by atoms with Gasteiger partial charge in [-0.15, -0.1) is 0 Å². The molecular weight excluding hydrogens is 397 g/mol. The van der Waals surface area contributed by atoms with E-state index < -0.39 is 11.7 Å². The van der Waals surface area contributed by atoms with Crippen LogP contribution in [0.5, 0.6) is 0 Å². The van der Waals surface area contributed by atoms with E-state index in [0.29, 0.717) is 24.3 Å². The van der Waals surface area contributed by atoms with E-state index >= 15 is 0 Å². The Labute approximate surface area is 163 Å². The first-order chi connectivity index (χ1) is 13.1. The van der Waals surface area contributed by atoms with Gasteiger partial charge in [0.1, 0.15) is 11.6 Å². The van der Waals surface area contributed by atoms with Crippen molar-refractivity contribution in [3.63, 3.8) is 0 Å². The lowest BCUT2D eigenvalue weighted by Crippen LogP contribution is -2.59. The molecule has 0 aromatic carbocycles. The average Bonchev–Trinajstić information content (AvgIpc) is 2.57. The minimum atomic E-state index is -4.51. The Morgan fingerprint density at radius 2 is 2.00 bits per heavy atom. The minimum absolute atomic E-state index is 0.0550. The molecule has 3 heterocycles. The molecule has 1 saturated heterocycles. The second-order valence-electron chi connectivity index (χ2n) is 6.52. The number of anilines is 1. The van der Waals surface area contributed by atoms with Crippen molar-refractivity contribution in [2.45, 2.75) is 25.6 Å². The van der Waals surface area contributed by atoms with Crippen molar-refractivity contribution >= 4 is 29.1 Å². The molecule has 0 spiro atoms. The number of Topliss-reactive ketones (excluding diaryl/α,β-unsaturated/α-hetero) is 1. The number of halogens is 4. The Kier molecular flexibility index (Phi) is 5.55. The quantitative estimate of drug-likeness (QED) is 0.817. The number of aromatic nitrogens is 2. The lowest BCUT2D eigenvalue weighted by atomic mass is 10.1. The van der Waals surface area contributed by atoms with Crippen LogP contribution in [0.3, 0.4) is 0 Å². The van der Waals surface area contributed by atoms with Crippen LogP contribution in [0.25, 0.3) is 0 Å². The van der Waals surface area contributed by atoms with Crippen molar-refractivity contribution < 1.29 is 22.8 Å². The van der Waals surface area contributed by atoms with Crippen molar-refractivity contribution in [1.29, 1.82) is 0 Å². The molecule has 6 nitrogen and oxygen atoms in total. The van der Waals surface area contributed by atoms with Gasteiger partial charge >= 0.3 is 6.18 Å². The largest absolute Gasteiger partial charge is 0.417 e. The highest BCUT2D eigenvalue weighted by atomic mass is 35.5. The van der Waals surface area contributed by atoms with Crippen molar-refractivity contribution in [2.24, 2.45) is 0 Å². The van der Waals surface area contributed by atoms with Crippen LogP contribution in [0.4, 0.5) is 19.0 Å². The molecule has 3 rings (SSSR count). The van der Waals surface area contributed by atoms with Gasteiger partial charge in [0.15, 0.2) is 0 Å². The normalized spacial score (nSPS) is 14.5. The van der Waals surface area contributed by atoms with Crippen LogP contribution >= 0.6 is 11.6 Å². The Hall–Kier alpha value is -2.68. The van der Waals surface area contributed by atoms with Crippen LogP contribution in [-0.2, 0) is 17.4 Å². The molecule has 1 aliphatic rings. The van der Waals surface area contributed by atoms with Gasteiger partial charge in [-0.3, -0.25) is 14.6 Å². The number of carbonyl (C=O) groups excluding carboxylic acids is 2. The number of nitrogens with one attached hydrogen (secondary N) is 1. The summed E-state index contributed by atoms with van der Waals surface area (Å²) >= 11 is 5.93. The highest BCUT2D eigenvalue weighted by Gasteiger charge is 2.34. The molecule has 28 heavy (non-hydrogen) atoms. The second kappa shape index (κ2) is 7.75. The fourth-order valence-corrected chi connectivity index (χ4v) is 3.09. The molecule has 0 unspecified atom stereocenters. The number of hydrogen-bond donors (Lipinski definition) is 1. The first kappa shape index (κ1) is 20.1. The lowest BCUT2D eigenvalue weighted by molar-refractivity contribution is -0.137. The lowest BCUT2D eigenvalue weighted by Gasteiger charge is -2.40. The predicted octanol–water partition coefficient (Wildman–Crippen LogP) is 2.90. The number of ketones is 1. The van der Waals surface area contributed by atoms with E-state index in [9.17, 15) is 22.8 Å². The fourth-order valence-electron chi connectivity index (χ4n) is 2.80. The van der Waals surface area contributed by atoms with E-state index in [-0.39, 0.29) is 35.0 Å². The molecule has 1 fully saturated rings. The molecule has 10 heteroatoms. The Morgan fingerprint density at radius 1 is 1.29 bits per heavy atom. The van der Waals surface area contributed by atoms with E-state index in [2.05, 4.69) is 15.3 Å². The molecule has 0 saturated carbocycles. The van der Waals surface area contributed by atoms with Crippen molar-refractivity contribution in [1.82, 2.24) is 15.3 Å². The summed E-state index contributed by atoms with van der Waals surface area (Å²) in [5.74, 6) is -0.128. The summed E-state index contributed by atoms with van der Waals surface area (Å²) in [6.45, 7) is 2.18. The third kappa shape index (κ3) is 4.59. The molecule has 2 aromatic rings. The minimum Gasteiger partial charge on any atom is -0.351 e. The van der Waals surface area contributed by atoms with Gasteiger partial charge in [-0.2, -0.15) is 13.2 Å². The van der Waals surface area contributed by atoms with Crippen LogP contribution in [0.15, 0.2) is 30.6 Å². The van der Waals surface area contributed by atoms with Gasteiger partial charge in [-0.05, 0) is 25.1 Å². The van der Waals surface area contributed by atoms with Crippen LogP contribution < -0.4 is 10.2 Å². The van der Waals surface area contributed by atoms with Crippen LogP contribution in [0.2, 0.25) is 5.02 Å². The van der Waals surface area contributed by atoms with Crippen LogP contribution in [0.1, 0.15) is 28.5 Å². The zero-order valence-corrected chi connectivity index (χ0v) is 15.5. The Morgan fingerprint density at radius 3 is 2.61 bits per heavy atom. The molecule has 0 bridgehead atoms. The summed E-state index contributed by atoms with van der Waals surface area (Å²) in [6.07, 6.45) is -2.16. The van der Waals surface area contributed by atoms with Gasteiger partial charge in [0, 0.05) is 43.2 Å². The molecular formula is C18H16ClF3N4O2. The molecule has 0 aliphatic carbocycles. The number of nitrogens with zero attached hydrogens (tertiary/aromatic N) is 3. The molecule has 0 radical (unpaired) electrons. The van der Waals surface area contributed by atoms with E-state index in [1.807, 2.05) is 0 Å². The highest BCUT2D eigenvalue weighted by Crippen LogP contribution is 2.34. The summed E-state index contributed by atoms with van der Waals surface area (Å²) in [7, 11) is 0. The molecule has 0 atom stereocenters. The van der Waals surface area contributed by atoms with Gasteiger partial charge in [0.05, 0.1) is 16.6 Å². The van der Waals surface area contributed by atoms with Crippen molar-refractivity contribution in [2.75, 3.05) is 18.0 Å². The average molecular weight is 413 g/mol. The van der Waals surface area contributed by atoms with E-state index in [1.54, 1.807) is 17.0 Å². The zero-order valence-electron chi connectivity index (χ0n) is 14.8. The Balaban J connectivity index is 1.59. The summed E-state index contributed by atoms with van der Waals surface area (Å²) in [4.78, 5) is 33.0. The van der Waals surface area contributed by atoms with Gasteiger partial charge in [0.25, 0.3) is 5.91 Å². The number of hydrogen-bond acceptors (Lipinski definition) is 5. The second-order valence-corrected chi connectivity index (χ2v) is 6.92. The topological polar surface area (TPSA) is 75.2 Å². The van der Waals surface area contributed by atoms with Gasteiger partial charge < -0.3 is 10.2 Å². The highest BCUT2D eigenvalue weighted by molar-refractivity contribution is 6.33. The SMILES string of the molecule is CC(=O)Cc1cc(C(=O)NC2CN(c3ncc(C(F)(F)F)cc3Cl)C2)ccn1. The molecule has 1 N–H and O–H groups in total. The third-order valence-electron chi connectivity index (χ3n) is 4.17. The number of amides is 1. The van der Waals surface area contributed by atoms with Crippen LogP contribution in [-0.4, -0.2) is 40.8 Å². The first-order valence-corrected chi connectivity index (χ1v) is 8.74. The molecule has 1 amide bonds. The van der Waals surface area contributed by atoms with Gasteiger partial charge in [-0.25, -0.2) is 4.98 Å². The van der Waals surface area contributed by atoms with Gasteiger partial charge in [-0.1, -0.05) is 11.6 Å². The number of rotatable bonds is 5. The van der Waals surface area contributed by atoms with Crippen LogP contribution in [0, 0.1) is 0 Å². The number of pyridine rings is 2. The maximum absolute atomic E-state index is 12.7. The summed E-state index contributed by atoms with van der Waals surface area (Å²) < 4.78 is 38.0. The monoisotopic (exact) mass is 412 g/mol. The number of alkyl halides is 3.